The number of hydrogen-bond acceptors (Lipinski definition) is 4. The summed E-state index contributed by atoms with van der Waals surface area (Å²) >= 11 is 0. The predicted octanol–water partition coefficient (Wildman–Crippen LogP) is 3.81. The lowest BCUT2D eigenvalue weighted by atomic mass is 10.2. The first-order valence-electron chi connectivity index (χ1n) is 8.05. The van der Waals surface area contributed by atoms with Crippen molar-refractivity contribution in [3.63, 3.8) is 0 Å². The van der Waals surface area contributed by atoms with E-state index in [-0.39, 0.29) is 12.1 Å². The molecule has 2 aromatic carbocycles. The number of benzene rings is 2. The van der Waals surface area contributed by atoms with E-state index in [1.165, 1.54) is 0 Å². The first-order valence-corrected chi connectivity index (χ1v) is 8.05. The number of urea groups is 1. The van der Waals surface area contributed by atoms with Crippen molar-refractivity contribution < 1.29 is 19.0 Å². The van der Waals surface area contributed by atoms with Crippen LogP contribution in [0.2, 0.25) is 0 Å². The molecule has 0 spiro atoms. The van der Waals surface area contributed by atoms with Crippen molar-refractivity contribution in [1.29, 1.82) is 0 Å². The average molecular weight is 344 g/mol. The van der Waals surface area contributed by atoms with Crippen LogP contribution >= 0.6 is 0 Å². The van der Waals surface area contributed by atoms with Gasteiger partial charge in [0.15, 0.2) is 11.5 Å². The monoisotopic (exact) mass is 344 g/mol. The number of hydrogen-bond donors (Lipinski definition) is 2. The van der Waals surface area contributed by atoms with Crippen LogP contribution < -0.4 is 24.8 Å². The predicted molar refractivity (Wildman–Crippen MR) is 97.6 cm³/mol. The largest absolute Gasteiger partial charge is 0.495 e. The van der Waals surface area contributed by atoms with Crippen LogP contribution in [0.3, 0.4) is 0 Å². The fraction of sp³-hybridized carbons (Fsp3) is 0.316. The summed E-state index contributed by atoms with van der Waals surface area (Å²) in [5, 5.41) is 5.58. The molecule has 0 aliphatic carbocycles. The Kier molecular flexibility index (Phi) is 6.51. The molecule has 0 saturated heterocycles. The molecular formula is C19H24N2O4. The molecule has 0 unspecified atom stereocenters. The molecule has 2 rings (SSSR count). The molecule has 0 aliphatic rings. The summed E-state index contributed by atoms with van der Waals surface area (Å²) in [5.41, 5.74) is 1.52. The Hall–Kier alpha value is -2.89. The SMILES string of the molecule is COc1ccccc1NC(=O)NCc1ccc(OC(C)C)c(OC)c1. The Morgan fingerprint density at radius 1 is 1.00 bits per heavy atom. The first-order chi connectivity index (χ1) is 12.0. The summed E-state index contributed by atoms with van der Waals surface area (Å²) in [6.07, 6.45) is 0.0597. The van der Waals surface area contributed by atoms with Crippen molar-refractivity contribution in [1.82, 2.24) is 5.32 Å². The minimum absolute atomic E-state index is 0.0597. The minimum atomic E-state index is -0.314. The van der Waals surface area contributed by atoms with Crippen molar-refractivity contribution in [3.05, 3.63) is 48.0 Å². The van der Waals surface area contributed by atoms with E-state index in [4.69, 9.17) is 14.2 Å². The van der Waals surface area contributed by atoms with Gasteiger partial charge >= 0.3 is 6.03 Å². The molecule has 0 heterocycles. The van der Waals surface area contributed by atoms with Crippen molar-refractivity contribution in [2.24, 2.45) is 0 Å². The number of anilines is 1. The maximum absolute atomic E-state index is 12.1. The van der Waals surface area contributed by atoms with Crippen molar-refractivity contribution >= 4 is 11.7 Å². The van der Waals surface area contributed by atoms with Gasteiger partial charge in [-0.25, -0.2) is 4.79 Å². The standard InChI is InChI=1S/C19H24N2O4/c1-13(2)25-17-10-9-14(11-18(17)24-4)12-20-19(22)21-15-7-5-6-8-16(15)23-3/h5-11,13H,12H2,1-4H3,(H2,20,21,22). The van der Waals surface area contributed by atoms with E-state index in [9.17, 15) is 4.79 Å². The Labute approximate surface area is 148 Å². The number of ether oxygens (including phenoxy) is 3. The van der Waals surface area contributed by atoms with E-state index in [0.717, 1.165) is 5.56 Å². The van der Waals surface area contributed by atoms with Gasteiger partial charge in [-0.2, -0.15) is 0 Å². The summed E-state index contributed by atoms with van der Waals surface area (Å²) in [7, 11) is 3.15. The fourth-order valence-electron chi connectivity index (χ4n) is 2.27. The lowest BCUT2D eigenvalue weighted by Gasteiger charge is -2.15. The summed E-state index contributed by atoms with van der Waals surface area (Å²) < 4.78 is 16.2. The van der Waals surface area contributed by atoms with E-state index in [0.29, 0.717) is 29.5 Å². The molecule has 2 N–H and O–H groups in total. The summed E-state index contributed by atoms with van der Waals surface area (Å²) in [4.78, 5) is 12.1. The second kappa shape index (κ2) is 8.82. The second-order valence-corrected chi connectivity index (χ2v) is 5.66. The number of carbonyl (C=O) groups is 1. The first kappa shape index (κ1) is 18.4. The van der Waals surface area contributed by atoms with Crippen LogP contribution in [0.15, 0.2) is 42.5 Å². The van der Waals surface area contributed by atoms with Crippen LogP contribution in [0.5, 0.6) is 17.2 Å². The Balaban J connectivity index is 1.97. The van der Waals surface area contributed by atoms with E-state index in [1.54, 1.807) is 26.4 Å². The van der Waals surface area contributed by atoms with Crippen LogP contribution in [0.25, 0.3) is 0 Å². The molecule has 6 nitrogen and oxygen atoms in total. The second-order valence-electron chi connectivity index (χ2n) is 5.66. The fourth-order valence-corrected chi connectivity index (χ4v) is 2.27. The number of rotatable bonds is 7. The molecule has 0 aliphatic heterocycles. The molecular weight excluding hydrogens is 320 g/mol. The van der Waals surface area contributed by atoms with Gasteiger partial charge in [0.25, 0.3) is 0 Å². The number of amides is 2. The third-order valence-corrected chi connectivity index (χ3v) is 3.40. The molecule has 25 heavy (non-hydrogen) atoms. The molecule has 0 aromatic heterocycles. The van der Waals surface area contributed by atoms with Gasteiger partial charge in [-0.1, -0.05) is 18.2 Å². The van der Waals surface area contributed by atoms with Crippen molar-refractivity contribution in [2.75, 3.05) is 19.5 Å². The molecule has 0 bridgehead atoms. The quantitative estimate of drug-likeness (QED) is 0.801. The lowest BCUT2D eigenvalue weighted by Crippen LogP contribution is -2.28. The van der Waals surface area contributed by atoms with Gasteiger partial charge in [0, 0.05) is 6.54 Å². The number of carbonyl (C=O) groups excluding carboxylic acids is 1. The average Bonchev–Trinajstić information content (AvgIpc) is 2.60. The lowest BCUT2D eigenvalue weighted by molar-refractivity contribution is 0.230. The number of para-hydroxylation sites is 2. The Bertz CT molecular complexity index is 716. The molecule has 0 fully saturated rings. The van der Waals surface area contributed by atoms with Gasteiger partial charge in [-0.3, -0.25) is 0 Å². The van der Waals surface area contributed by atoms with Gasteiger partial charge in [0.2, 0.25) is 0 Å². The van der Waals surface area contributed by atoms with Crippen LogP contribution in [0.1, 0.15) is 19.4 Å². The highest BCUT2D eigenvalue weighted by Gasteiger charge is 2.09. The minimum Gasteiger partial charge on any atom is -0.495 e. The van der Waals surface area contributed by atoms with Crippen LogP contribution in [-0.2, 0) is 6.54 Å². The third kappa shape index (κ3) is 5.31. The Morgan fingerprint density at radius 3 is 2.40 bits per heavy atom. The van der Waals surface area contributed by atoms with Gasteiger partial charge < -0.3 is 24.8 Å². The zero-order valence-corrected chi connectivity index (χ0v) is 15.0. The van der Waals surface area contributed by atoms with Crippen molar-refractivity contribution in [2.45, 2.75) is 26.5 Å². The molecule has 0 radical (unpaired) electrons. The van der Waals surface area contributed by atoms with Gasteiger partial charge in [-0.05, 0) is 43.7 Å². The molecule has 2 amide bonds. The zero-order chi connectivity index (χ0) is 18.2. The molecule has 0 saturated carbocycles. The number of nitrogens with one attached hydrogen (secondary N) is 2. The maximum Gasteiger partial charge on any atom is 0.319 e. The molecule has 6 heteroatoms. The highest BCUT2D eigenvalue weighted by Crippen LogP contribution is 2.29. The van der Waals surface area contributed by atoms with Crippen LogP contribution in [0.4, 0.5) is 10.5 Å². The van der Waals surface area contributed by atoms with E-state index < -0.39 is 0 Å². The van der Waals surface area contributed by atoms with Crippen LogP contribution in [0, 0.1) is 0 Å². The summed E-state index contributed by atoms with van der Waals surface area (Å²) in [6.45, 7) is 4.27. The Morgan fingerprint density at radius 2 is 1.72 bits per heavy atom. The van der Waals surface area contributed by atoms with Crippen molar-refractivity contribution in [3.8, 4) is 17.2 Å². The normalized spacial score (nSPS) is 10.3. The van der Waals surface area contributed by atoms with E-state index in [1.807, 2.05) is 44.2 Å². The highest BCUT2D eigenvalue weighted by atomic mass is 16.5. The summed E-state index contributed by atoms with van der Waals surface area (Å²) in [5.74, 6) is 1.92. The maximum atomic E-state index is 12.1. The van der Waals surface area contributed by atoms with Gasteiger partial charge in [0.05, 0.1) is 26.0 Å². The number of methoxy groups -OCH3 is 2. The summed E-state index contributed by atoms with van der Waals surface area (Å²) in [6, 6.07) is 12.5. The topological polar surface area (TPSA) is 68.8 Å². The highest BCUT2D eigenvalue weighted by molar-refractivity contribution is 5.90. The van der Waals surface area contributed by atoms with E-state index in [2.05, 4.69) is 10.6 Å². The smallest absolute Gasteiger partial charge is 0.319 e. The van der Waals surface area contributed by atoms with E-state index >= 15 is 0 Å². The molecule has 2 aromatic rings. The zero-order valence-electron chi connectivity index (χ0n) is 15.0. The molecule has 134 valence electrons. The third-order valence-electron chi connectivity index (χ3n) is 3.40. The van der Waals surface area contributed by atoms with Crippen LogP contribution in [-0.4, -0.2) is 26.4 Å². The van der Waals surface area contributed by atoms with Gasteiger partial charge in [-0.15, -0.1) is 0 Å². The van der Waals surface area contributed by atoms with Gasteiger partial charge in [0.1, 0.15) is 5.75 Å². The molecule has 0 atom stereocenters.